The summed E-state index contributed by atoms with van der Waals surface area (Å²) >= 11 is 1.84. The standard InChI is InChI=1S/C13H16OS/c1-7-11-8(10(15-7)4-5-14)6-9-12(11)13(9,2)3/h5,9,12H,4,6H2,1-3H3/t9-,12-/m1/s1. The third-order valence-electron chi connectivity index (χ3n) is 4.37. The normalized spacial score (nSPS) is 29.8. The first kappa shape index (κ1) is 9.59. The van der Waals surface area contributed by atoms with Crippen molar-refractivity contribution in [2.75, 3.05) is 0 Å². The fourth-order valence-electron chi connectivity index (χ4n) is 3.45. The van der Waals surface area contributed by atoms with Crippen LogP contribution in [0.3, 0.4) is 0 Å². The molecule has 2 aliphatic rings. The molecule has 2 heteroatoms. The average Bonchev–Trinajstić information content (AvgIpc) is 2.54. The lowest BCUT2D eigenvalue weighted by Crippen LogP contribution is -2.00. The van der Waals surface area contributed by atoms with E-state index in [4.69, 9.17) is 0 Å². The van der Waals surface area contributed by atoms with Gasteiger partial charge in [-0.2, -0.15) is 0 Å². The van der Waals surface area contributed by atoms with Crippen LogP contribution in [0.2, 0.25) is 0 Å². The molecule has 0 spiro atoms. The molecule has 0 N–H and O–H groups in total. The maximum atomic E-state index is 10.6. The van der Waals surface area contributed by atoms with Crippen molar-refractivity contribution < 1.29 is 4.79 Å². The van der Waals surface area contributed by atoms with Gasteiger partial charge in [0.2, 0.25) is 0 Å². The number of hydrogen-bond donors (Lipinski definition) is 0. The lowest BCUT2D eigenvalue weighted by atomic mass is 9.95. The molecule has 1 aromatic rings. The second-order valence-corrected chi connectivity index (χ2v) is 6.76. The highest BCUT2D eigenvalue weighted by atomic mass is 32.1. The van der Waals surface area contributed by atoms with E-state index in [9.17, 15) is 4.79 Å². The van der Waals surface area contributed by atoms with Crippen molar-refractivity contribution in [3.63, 3.8) is 0 Å². The summed E-state index contributed by atoms with van der Waals surface area (Å²) in [6.07, 6.45) is 2.89. The van der Waals surface area contributed by atoms with Gasteiger partial charge < -0.3 is 4.79 Å². The van der Waals surface area contributed by atoms with Crippen molar-refractivity contribution >= 4 is 17.6 Å². The number of carbonyl (C=O) groups excluding carboxylic acids is 1. The van der Waals surface area contributed by atoms with Crippen LogP contribution in [0.1, 0.15) is 40.6 Å². The minimum atomic E-state index is 0.525. The summed E-state index contributed by atoms with van der Waals surface area (Å²) in [7, 11) is 0. The monoisotopic (exact) mass is 220 g/mol. The molecule has 0 amide bonds. The van der Waals surface area contributed by atoms with E-state index in [-0.39, 0.29) is 0 Å². The van der Waals surface area contributed by atoms with E-state index in [0.717, 1.165) is 18.1 Å². The van der Waals surface area contributed by atoms with Gasteiger partial charge in [0.25, 0.3) is 0 Å². The summed E-state index contributed by atoms with van der Waals surface area (Å²) in [5, 5.41) is 0. The summed E-state index contributed by atoms with van der Waals surface area (Å²) in [5.74, 6) is 1.66. The van der Waals surface area contributed by atoms with Gasteiger partial charge in [0.1, 0.15) is 6.29 Å². The van der Waals surface area contributed by atoms with Crippen LogP contribution in [-0.2, 0) is 17.6 Å². The Morgan fingerprint density at radius 2 is 2.27 bits per heavy atom. The van der Waals surface area contributed by atoms with Crippen LogP contribution >= 0.6 is 11.3 Å². The third-order valence-corrected chi connectivity index (χ3v) is 5.56. The molecule has 80 valence electrons. The van der Waals surface area contributed by atoms with Crippen molar-refractivity contribution in [3.05, 3.63) is 20.9 Å². The fourth-order valence-corrected chi connectivity index (χ4v) is 4.65. The molecule has 2 aliphatic carbocycles. The van der Waals surface area contributed by atoms with Crippen LogP contribution in [0, 0.1) is 18.3 Å². The predicted octanol–water partition coefficient (Wildman–Crippen LogP) is 3.09. The second-order valence-electron chi connectivity index (χ2n) is 5.45. The van der Waals surface area contributed by atoms with E-state index in [1.807, 2.05) is 11.3 Å². The smallest absolute Gasteiger partial charge is 0.125 e. The lowest BCUT2D eigenvalue weighted by molar-refractivity contribution is -0.107. The molecule has 0 saturated heterocycles. The number of fused-ring (bicyclic) bond motifs is 3. The topological polar surface area (TPSA) is 17.1 Å². The molecule has 0 aliphatic heterocycles. The van der Waals surface area contributed by atoms with Gasteiger partial charge in [-0.05, 0) is 41.7 Å². The zero-order chi connectivity index (χ0) is 10.8. The maximum Gasteiger partial charge on any atom is 0.125 e. The van der Waals surface area contributed by atoms with E-state index in [1.54, 1.807) is 5.56 Å². The first-order valence-electron chi connectivity index (χ1n) is 5.62. The lowest BCUT2D eigenvalue weighted by Gasteiger charge is -2.09. The van der Waals surface area contributed by atoms with Crippen LogP contribution in [-0.4, -0.2) is 6.29 Å². The largest absolute Gasteiger partial charge is 0.303 e. The fraction of sp³-hybridized carbons (Fsp3) is 0.615. The summed E-state index contributed by atoms with van der Waals surface area (Å²) in [6.45, 7) is 6.97. The Morgan fingerprint density at radius 3 is 2.93 bits per heavy atom. The molecule has 1 nitrogen and oxygen atoms in total. The Morgan fingerprint density at radius 1 is 1.53 bits per heavy atom. The predicted molar refractivity (Wildman–Crippen MR) is 62.5 cm³/mol. The number of aldehydes is 1. The van der Waals surface area contributed by atoms with Gasteiger partial charge in [0.15, 0.2) is 0 Å². The number of aryl methyl sites for hydroxylation is 1. The molecular formula is C13H16OS. The van der Waals surface area contributed by atoms with Crippen molar-refractivity contribution in [1.82, 2.24) is 0 Å². The SMILES string of the molecule is Cc1sc(CC=O)c2c1[C@H]1[C@@H](C2)C1(C)C. The Kier molecular flexibility index (Phi) is 1.75. The highest BCUT2D eigenvalue weighted by molar-refractivity contribution is 7.12. The first-order valence-corrected chi connectivity index (χ1v) is 6.43. The summed E-state index contributed by atoms with van der Waals surface area (Å²) in [6, 6.07) is 0. The average molecular weight is 220 g/mol. The molecule has 1 aromatic heterocycles. The summed E-state index contributed by atoms with van der Waals surface area (Å²) in [4.78, 5) is 13.4. The number of carbonyl (C=O) groups is 1. The van der Waals surface area contributed by atoms with Crippen molar-refractivity contribution in [1.29, 1.82) is 0 Å². The molecule has 1 saturated carbocycles. The van der Waals surface area contributed by atoms with E-state index in [0.29, 0.717) is 11.8 Å². The van der Waals surface area contributed by atoms with Crippen LogP contribution in [0.25, 0.3) is 0 Å². The van der Waals surface area contributed by atoms with Crippen molar-refractivity contribution in [2.24, 2.45) is 11.3 Å². The molecule has 0 unspecified atom stereocenters. The van der Waals surface area contributed by atoms with Crippen LogP contribution < -0.4 is 0 Å². The maximum absolute atomic E-state index is 10.6. The first-order chi connectivity index (χ1) is 7.07. The van der Waals surface area contributed by atoms with Gasteiger partial charge in [-0.3, -0.25) is 0 Å². The van der Waals surface area contributed by atoms with Gasteiger partial charge in [-0.15, -0.1) is 11.3 Å². The van der Waals surface area contributed by atoms with Gasteiger partial charge in [0.05, 0.1) is 0 Å². The Labute approximate surface area is 94.5 Å². The number of hydrogen-bond acceptors (Lipinski definition) is 2. The van der Waals surface area contributed by atoms with Crippen LogP contribution in [0.15, 0.2) is 0 Å². The number of rotatable bonds is 2. The minimum absolute atomic E-state index is 0.525. The van der Waals surface area contributed by atoms with Gasteiger partial charge in [-0.1, -0.05) is 13.8 Å². The third kappa shape index (κ3) is 1.06. The molecule has 1 fully saturated rings. The van der Waals surface area contributed by atoms with Crippen LogP contribution in [0.4, 0.5) is 0 Å². The molecular weight excluding hydrogens is 204 g/mol. The second kappa shape index (κ2) is 2.73. The van der Waals surface area contributed by atoms with Crippen LogP contribution in [0.5, 0.6) is 0 Å². The highest BCUT2D eigenvalue weighted by Crippen LogP contribution is 2.71. The molecule has 1 heterocycles. The molecule has 0 aromatic carbocycles. The van der Waals surface area contributed by atoms with Gasteiger partial charge in [-0.25, -0.2) is 0 Å². The van der Waals surface area contributed by atoms with E-state index in [2.05, 4.69) is 20.8 Å². The number of thiophene rings is 1. The van der Waals surface area contributed by atoms with E-state index >= 15 is 0 Å². The van der Waals surface area contributed by atoms with Crippen molar-refractivity contribution in [2.45, 2.75) is 39.5 Å². The van der Waals surface area contributed by atoms with E-state index < -0.39 is 0 Å². The Hall–Kier alpha value is -0.630. The minimum Gasteiger partial charge on any atom is -0.303 e. The summed E-state index contributed by atoms with van der Waals surface area (Å²) in [5.41, 5.74) is 3.66. The zero-order valence-electron chi connectivity index (χ0n) is 9.46. The van der Waals surface area contributed by atoms with Gasteiger partial charge >= 0.3 is 0 Å². The quantitative estimate of drug-likeness (QED) is 0.700. The summed E-state index contributed by atoms with van der Waals surface area (Å²) < 4.78 is 0. The highest BCUT2D eigenvalue weighted by Gasteiger charge is 2.63. The molecule has 2 atom stereocenters. The molecule has 0 bridgehead atoms. The molecule has 3 rings (SSSR count). The van der Waals surface area contributed by atoms with Crippen molar-refractivity contribution in [3.8, 4) is 0 Å². The zero-order valence-corrected chi connectivity index (χ0v) is 10.3. The molecule has 15 heavy (non-hydrogen) atoms. The van der Waals surface area contributed by atoms with E-state index in [1.165, 1.54) is 21.7 Å². The Balaban J connectivity index is 2.06. The van der Waals surface area contributed by atoms with Gasteiger partial charge in [0, 0.05) is 16.2 Å². The molecule has 0 radical (unpaired) electrons. The Bertz CT molecular complexity index is 442.